The summed E-state index contributed by atoms with van der Waals surface area (Å²) in [6.45, 7) is 0. The van der Waals surface area contributed by atoms with Gasteiger partial charge in [0.1, 0.15) is 11.0 Å². The highest BCUT2D eigenvalue weighted by Gasteiger charge is 2.06. The number of rotatable bonds is 2. The van der Waals surface area contributed by atoms with Crippen LogP contribution in [0.3, 0.4) is 0 Å². The van der Waals surface area contributed by atoms with Gasteiger partial charge in [-0.3, -0.25) is 0 Å². The Kier molecular flexibility index (Phi) is 3.41. The van der Waals surface area contributed by atoms with Gasteiger partial charge in [-0.15, -0.1) is 0 Å². The van der Waals surface area contributed by atoms with Gasteiger partial charge in [-0.25, -0.2) is 9.37 Å². The van der Waals surface area contributed by atoms with E-state index < -0.39 is 0 Å². The molecule has 0 atom stereocenters. The summed E-state index contributed by atoms with van der Waals surface area (Å²) in [6, 6.07) is 8.11. The molecule has 2 nitrogen and oxygen atoms in total. The Balaban J connectivity index is 2.34. The second-order valence-corrected chi connectivity index (χ2v) is 4.33. The van der Waals surface area contributed by atoms with Gasteiger partial charge in [0, 0.05) is 16.4 Å². The van der Waals surface area contributed by atoms with Crippen LogP contribution in [-0.2, 0) is 0 Å². The van der Waals surface area contributed by atoms with Crippen LogP contribution in [0.2, 0.25) is 5.15 Å². The minimum Gasteiger partial charge on any atom is -0.352 e. The van der Waals surface area contributed by atoms with Gasteiger partial charge >= 0.3 is 0 Å². The lowest BCUT2D eigenvalue weighted by molar-refractivity contribution is 0.631. The highest BCUT2D eigenvalue weighted by Crippen LogP contribution is 2.28. The fraction of sp³-hybridized carbons (Fsp3) is 0. The summed E-state index contributed by atoms with van der Waals surface area (Å²) in [5, 5.41) is 3.29. The number of hydrogen-bond acceptors (Lipinski definition) is 2. The zero-order valence-corrected chi connectivity index (χ0v) is 10.4. The van der Waals surface area contributed by atoms with E-state index in [1.807, 2.05) is 0 Å². The Morgan fingerprint density at radius 2 is 2.12 bits per heavy atom. The fourth-order valence-corrected chi connectivity index (χ4v) is 1.86. The predicted octanol–water partition coefficient (Wildman–Crippen LogP) is 4.38. The van der Waals surface area contributed by atoms with E-state index in [1.165, 1.54) is 6.07 Å². The summed E-state index contributed by atoms with van der Waals surface area (Å²) in [5.74, 6) is -0.331. The monoisotopic (exact) mass is 300 g/mol. The molecule has 0 unspecified atom stereocenters. The molecule has 2 rings (SSSR count). The molecule has 0 saturated carbocycles. The van der Waals surface area contributed by atoms with Crippen LogP contribution in [-0.4, -0.2) is 4.98 Å². The molecule has 2 aromatic rings. The van der Waals surface area contributed by atoms with E-state index in [0.29, 0.717) is 21.0 Å². The zero-order chi connectivity index (χ0) is 11.5. The average Bonchev–Trinajstić information content (AvgIpc) is 2.24. The summed E-state index contributed by atoms with van der Waals surface area (Å²) in [4.78, 5) is 3.85. The Labute approximate surface area is 106 Å². The molecule has 1 heterocycles. The number of hydrogen-bond donors (Lipinski definition) is 1. The van der Waals surface area contributed by atoms with Gasteiger partial charge in [-0.2, -0.15) is 0 Å². The maximum absolute atomic E-state index is 13.5. The molecule has 0 saturated heterocycles. The van der Waals surface area contributed by atoms with Crippen molar-refractivity contribution in [2.45, 2.75) is 0 Å². The van der Waals surface area contributed by atoms with Crippen LogP contribution in [0.1, 0.15) is 0 Å². The standard InChI is InChI=1S/C11H7BrClFN2/c12-8-2-1-3-9(14)11(8)16-7-4-5-15-10(13)6-7/h1-6H,(H,15,16). The van der Waals surface area contributed by atoms with Gasteiger partial charge in [0.25, 0.3) is 0 Å². The molecule has 1 aromatic heterocycles. The van der Waals surface area contributed by atoms with E-state index in [9.17, 15) is 4.39 Å². The molecule has 0 fully saturated rings. The maximum Gasteiger partial charge on any atom is 0.147 e. The summed E-state index contributed by atoms with van der Waals surface area (Å²) in [7, 11) is 0. The van der Waals surface area contributed by atoms with E-state index in [-0.39, 0.29) is 5.82 Å². The molecular weight excluding hydrogens is 294 g/mol. The lowest BCUT2D eigenvalue weighted by Gasteiger charge is -2.09. The summed E-state index contributed by atoms with van der Waals surface area (Å²) >= 11 is 9.01. The first-order valence-corrected chi connectivity index (χ1v) is 5.66. The highest BCUT2D eigenvalue weighted by atomic mass is 79.9. The SMILES string of the molecule is Fc1cccc(Br)c1Nc1ccnc(Cl)c1. The molecule has 0 amide bonds. The van der Waals surface area contributed by atoms with Crippen molar-refractivity contribution < 1.29 is 4.39 Å². The van der Waals surface area contributed by atoms with Gasteiger partial charge in [-0.05, 0) is 40.2 Å². The molecule has 0 aliphatic heterocycles. The molecule has 0 spiro atoms. The lowest BCUT2D eigenvalue weighted by Crippen LogP contribution is -1.95. The summed E-state index contributed by atoms with van der Waals surface area (Å²) < 4.78 is 14.1. The van der Waals surface area contributed by atoms with Crippen molar-refractivity contribution in [3.05, 3.63) is 52.0 Å². The molecule has 16 heavy (non-hydrogen) atoms. The van der Waals surface area contributed by atoms with Crippen LogP contribution in [0.15, 0.2) is 41.0 Å². The van der Waals surface area contributed by atoms with Gasteiger partial charge in [0.2, 0.25) is 0 Å². The van der Waals surface area contributed by atoms with Crippen LogP contribution in [0.5, 0.6) is 0 Å². The number of para-hydroxylation sites is 1. The van der Waals surface area contributed by atoms with E-state index in [4.69, 9.17) is 11.6 Å². The van der Waals surface area contributed by atoms with Gasteiger partial charge in [-0.1, -0.05) is 17.7 Å². The Morgan fingerprint density at radius 3 is 2.81 bits per heavy atom. The minimum atomic E-state index is -0.331. The number of benzene rings is 1. The van der Waals surface area contributed by atoms with Gasteiger partial charge in [0.15, 0.2) is 0 Å². The van der Waals surface area contributed by atoms with Crippen LogP contribution in [0.25, 0.3) is 0 Å². The molecule has 1 aromatic carbocycles. The average molecular weight is 302 g/mol. The maximum atomic E-state index is 13.5. The zero-order valence-electron chi connectivity index (χ0n) is 8.05. The van der Waals surface area contributed by atoms with E-state index in [0.717, 1.165) is 0 Å². The van der Waals surface area contributed by atoms with Crippen molar-refractivity contribution >= 4 is 38.9 Å². The van der Waals surface area contributed by atoms with Crippen LogP contribution >= 0.6 is 27.5 Å². The highest BCUT2D eigenvalue weighted by molar-refractivity contribution is 9.10. The summed E-state index contributed by atoms with van der Waals surface area (Å²) in [6.07, 6.45) is 1.55. The van der Waals surface area contributed by atoms with Crippen molar-refractivity contribution in [3.63, 3.8) is 0 Å². The second kappa shape index (κ2) is 4.80. The number of anilines is 2. The van der Waals surface area contributed by atoms with Crippen molar-refractivity contribution in [2.75, 3.05) is 5.32 Å². The number of nitrogens with one attached hydrogen (secondary N) is 1. The molecule has 0 aliphatic rings. The minimum absolute atomic E-state index is 0.331. The van der Waals surface area contributed by atoms with Crippen molar-refractivity contribution in [2.24, 2.45) is 0 Å². The van der Waals surface area contributed by atoms with E-state index in [2.05, 4.69) is 26.2 Å². The normalized spacial score (nSPS) is 10.2. The largest absolute Gasteiger partial charge is 0.352 e. The van der Waals surface area contributed by atoms with Gasteiger partial charge < -0.3 is 5.32 Å². The molecule has 1 N–H and O–H groups in total. The fourth-order valence-electron chi connectivity index (χ4n) is 1.24. The molecule has 0 aliphatic carbocycles. The third kappa shape index (κ3) is 2.51. The van der Waals surface area contributed by atoms with Crippen molar-refractivity contribution in [1.82, 2.24) is 4.98 Å². The number of pyridine rings is 1. The third-order valence-corrected chi connectivity index (χ3v) is 2.83. The first kappa shape index (κ1) is 11.4. The first-order chi connectivity index (χ1) is 7.66. The van der Waals surface area contributed by atoms with Gasteiger partial charge in [0.05, 0.1) is 5.69 Å². The molecule has 0 bridgehead atoms. The van der Waals surface area contributed by atoms with E-state index >= 15 is 0 Å². The molecule has 5 heteroatoms. The van der Waals surface area contributed by atoms with E-state index in [1.54, 1.807) is 30.5 Å². The third-order valence-electron chi connectivity index (χ3n) is 1.96. The van der Waals surface area contributed by atoms with Crippen LogP contribution in [0.4, 0.5) is 15.8 Å². The number of halogens is 3. The Hall–Kier alpha value is -1.13. The first-order valence-electron chi connectivity index (χ1n) is 4.49. The summed E-state index contributed by atoms with van der Waals surface area (Å²) in [5.41, 5.74) is 1.07. The second-order valence-electron chi connectivity index (χ2n) is 3.09. The Bertz CT molecular complexity index is 499. The molecular formula is C11H7BrClFN2. The number of nitrogens with zero attached hydrogens (tertiary/aromatic N) is 1. The lowest BCUT2D eigenvalue weighted by atomic mass is 10.3. The smallest absolute Gasteiger partial charge is 0.147 e. The number of aromatic nitrogens is 1. The predicted molar refractivity (Wildman–Crippen MR) is 66.6 cm³/mol. The molecule has 82 valence electrons. The topological polar surface area (TPSA) is 24.9 Å². The quantitative estimate of drug-likeness (QED) is 0.833. The Morgan fingerprint density at radius 1 is 1.31 bits per heavy atom. The van der Waals surface area contributed by atoms with Crippen LogP contribution < -0.4 is 5.32 Å². The van der Waals surface area contributed by atoms with Crippen molar-refractivity contribution in [1.29, 1.82) is 0 Å². The molecule has 0 radical (unpaired) electrons. The van der Waals surface area contributed by atoms with Crippen LogP contribution in [0, 0.1) is 5.82 Å². The van der Waals surface area contributed by atoms with Crippen molar-refractivity contribution in [3.8, 4) is 0 Å².